The number of para-hydroxylation sites is 1. The van der Waals surface area contributed by atoms with Crippen LogP contribution in [0.2, 0.25) is 5.02 Å². The summed E-state index contributed by atoms with van der Waals surface area (Å²) in [7, 11) is 0. The molecule has 2 aromatic rings. The quantitative estimate of drug-likeness (QED) is 0.662. The van der Waals surface area contributed by atoms with E-state index in [-0.39, 0.29) is 16.5 Å². The van der Waals surface area contributed by atoms with Gasteiger partial charge in [-0.3, -0.25) is 0 Å². The van der Waals surface area contributed by atoms with Crippen molar-refractivity contribution in [1.82, 2.24) is 0 Å². The third-order valence-corrected chi connectivity index (χ3v) is 3.46. The SMILES string of the molecule is O=C(Nc1ccccc1C(F)(F)F)N(S)c1ccc(Cl)cc1O. The Balaban J connectivity index is 2.26. The van der Waals surface area contributed by atoms with E-state index in [0.717, 1.165) is 12.1 Å². The molecule has 0 fully saturated rings. The monoisotopic (exact) mass is 362 g/mol. The third kappa shape index (κ3) is 4.02. The van der Waals surface area contributed by atoms with Crippen molar-refractivity contribution in [2.45, 2.75) is 6.18 Å². The highest BCUT2D eigenvalue weighted by atomic mass is 35.5. The molecule has 0 aliphatic rings. The molecule has 4 nitrogen and oxygen atoms in total. The number of halogens is 4. The van der Waals surface area contributed by atoms with E-state index in [2.05, 4.69) is 18.1 Å². The van der Waals surface area contributed by atoms with Gasteiger partial charge in [-0.2, -0.15) is 13.2 Å². The molecule has 122 valence electrons. The Kier molecular flexibility index (Phi) is 4.96. The molecule has 0 atom stereocenters. The standard InChI is InChI=1S/C14H10ClF3N2O2S/c15-8-5-6-11(12(21)7-8)20(23)13(22)19-10-4-2-1-3-9(10)14(16,17)18/h1-7,21,23H,(H,19,22). The van der Waals surface area contributed by atoms with E-state index in [0.29, 0.717) is 4.31 Å². The second-order valence-corrected chi connectivity index (χ2v) is 5.25. The number of aromatic hydroxyl groups is 1. The average Bonchev–Trinajstić information content (AvgIpc) is 2.46. The summed E-state index contributed by atoms with van der Waals surface area (Å²) in [6.45, 7) is 0. The van der Waals surface area contributed by atoms with Gasteiger partial charge in [0.1, 0.15) is 5.75 Å². The molecular weight excluding hydrogens is 353 g/mol. The first-order chi connectivity index (χ1) is 10.7. The molecule has 2 N–H and O–H groups in total. The van der Waals surface area contributed by atoms with Crippen LogP contribution in [-0.4, -0.2) is 11.1 Å². The minimum atomic E-state index is -4.62. The number of benzene rings is 2. The van der Waals surface area contributed by atoms with Gasteiger partial charge in [-0.15, -0.1) is 0 Å². The fourth-order valence-electron chi connectivity index (χ4n) is 1.79. The lowest BCUT2D eigenvalue weighted by molar-refractivity contribution is -0.136. The van der Waals surface area contributed by atoms with Gasteiger partial charge in [0.05, 0.1) is 16.9 Å². The van der Waals surface area contributed by atoms with Crippen LogP contribution in [0.3, 0.4) is 0 Å². The number of nitrogens with zero attached hydrogens (tertiary/aromatic N) is 1. The zero-order chi connectivity index (χ0) is 17.2. The Bertz CT molecular complexity index is 740. The molecule has 0 spiro atoms. The second-order valence-electron chi connectivity index (χ2n) is 4.42. The van der Waals surface area contributed by atoms with Crippen molar-refractivity contribution in [1.29, 1.82) is 0 Å². The summed E-state index contributed by atoms with van der Waals surface area (Å²) in [4.78, 5) is 12.1. The number of carbonyl (C=O) groups is 1. The van der Waals surface area contributed by atoms with Crippen molar-refractivity contribution >= 4 is 41.8 Å². The first-order valence-electron chi connectivity index (χ1n) is 6.15. The molecule has 2 aromatic carbocycles. The summed E-state index contributed by atoms with van der Waals surface area (Å²) < 4.78 is 39.4. The maximum absolute atomic E-state index is 12.9. The fourth-order valence-corrected chi connectivity index (χ4v) is 2.18. The summed E-state index contributed by atoms with van der Waals surface area (Å²) >= 11 is 9.57. The predicted octanol–water partition coefficient (Wildman–Crippen LogP) is 4.95. The van der Waals surface area contributed by atoms with Gasteiger partial charge >= 0.3 is 12.2 Å². The largest absolute Gasteiger partial charge is 0.506 e. The summed E-state index contributed by atoms with van der Waals surface area (Å²) in [5, 5.41) is 12.1. The fraction of sp³-hybridized carbons (Fsp3) is 0.0714. The highest BCUT2D eigenvalue weighted by molar-refractivity contribution is 7.82. The number of urea groups is 1. The van der Waals surface area contributed by atoms with Gasteiger partial charge in [-0.25, -0.2) is 9.10 Å². The maximum atomic E-state index is 12.9. The molecule has 0 saturated carbocycles. The van der Waals surface area contributed by atoms with Gasteiger partial charge < -0.3 is 10.4 Å². The molecule has 2 rings (SSSR count). The number of alkyl halides is 3. The molecule has 0 bridgehead atoms. The van der Waals surface area contributed by atoms with Gasteiger partial charge in [0.25, 0.3) is 0 Å². The Hall–Kier alpha value is -2.06. The molecule has 0 aromatic heterocycles. The number of phenols is 1. The molecule has 0 heterocycles. The van der Waals surface area contributed by atoms with Crippen molar-refractivity contribution in [3.63, 3.8) is 0 Å². The summed E-state index contributed by atoms with van der Waals surface area (Å²) in [6.07, 6.45) is -4.62. The number of hydrogen-bond acceptors (Lipinski definition) is 3. The van der Waals surface area contributed by atoms with Crippen molar-refractivity contribution in [3.05, 3.63) is 53.1 Å². The Labute approximate surface area is 140 Å². The minimum Gasteiger partial charge on any atom is -0.506 e. The molecule has 0 aliphatic carbocycles. The first kappa shape index (κ1) is 17.3. The van der Waals surface area contributed by atoms with Crippen LogP contribution >= 0.6 is 24.4 Å². The number of thiol groups is 1. The molecule has 23 heavy (non-hydrogen) atoms. The van der Waals surface area contributed by atoms with Crippen LogP contribution in [0.25, 0.3) is 0 Å². The van der Waals surface area contributed by atoms with Crippen LogP contribution in [-0.2, 0) is 6.18 Å². The lowest BCUT2D eigenvalue weighted by Gasteiger charge is -2.19. The molecule has 0 radical (unpaired) electrons. The zero-order valence-electron chi connectivity index (χ0n) is 11.3. The van der Waals surface area contributed by atoms with Gasteiger partial charge in [-0.05, 0) is 24.3 Å². The number of anilines is 2. The van der Waals surface area contributed by atoms with Crippen LogP contribution in [0.4, 0.5) is 29.3 Å². The van der Waals surface area contributed by atoms with Crippen LogP contribution in [0.5, 0.6) is 5.75 Å². The number of nitrogens with one attached hydrogen (secondary N) is 1. The lowest BCUT2D eigenvalue weighted by atomic mass is 10.1. The van der Waals surface area contributed by atoms with E-state index in [4.69, 9.17) is 11.6 Å². The number of phenolic OH excluding ortho intramolecular Hbond substituents is 1. The van der Waals surface area contributed by atoms with Gasteiger partial charge in [0.15, 0.2) is 0 Å². The van der Waals surface area contributed by atoms with E-state index in [1.807, 2.05) is 0 Å². The maximum Gasteiger partial charge on any atom is 0.418 e. The smallest absolute Gasteiger partial charge is 0.418 e. The number of hydrogen-bond donors (Lipinski definition) is 3. The lowest BCUT2D eigenvalue weighted by Crippen LogP contribution is -2.28. The van der Waals surface area contributed by atoms with Crippen LogP contribution in [0.1, 0.15) is 5.56 Å². The Morgan fingerprint density at radius 1 is 1.22 bits per heavy atom. The first-order valence-corrected chi connectivity index (χ1v) is 6.92. The zero-order valence-corrected chi connectivity index (χ0v) is 13.0. The predicted molar refractivity (Wildman–Crippen MR) is 85.0 cm³/mol. The van der Waals surface area contributed by atoms with Crippen molar-refractivity contribution in [3.8, 4) is 5.75 Å². The third-order valence-electron chi connectivity index (χ3n) is 2.83. The van der Waals surface area contributed by atoms with Gasteiger partial charge in [-0.1, -0.05) is 36.5 Å². The topological polar surface area (TPSA) is 52.6 Å². The normalized spacial score (nSPS) is 11.2. The van der Waals surface area contributed by atoms with Crippen molar-refractivity contribution < 1.29 is 23.1 Å². The Morgan fingerprint density at radius 3 is 2.48 bits per heavy atom. The Morgan fingerprint density at radius 2 is 1.87 bits per heavy atom. The highest BCUT2D eigenvalue weighted by Crippen LogP contribution is 2.36. The molecule has 9 heteroatoms. The van der Waals surface area contributed by atoms with Crippen LogP contribution < -0.4 is 9.62 Å². The minimum absolute atomic E-state index is 0.0280. The van der Waals surface area contributed by atoms with Gasteiger partial charge in [0.2, 0.25) is 0 Å². The van der Waals surface area contributed by atoms with Crippen molar-refractivity contribution in [2.75, 3.05) is 9.62 Å². The second kappa shape index (κ2) is 6.59. The van der Waals surface area contributed by atoms with E-state index in [1.165, 1.54) is 30.3 Å². The molecular formula is C14H10ClF3N2O2S. The van der Waals surface area contributed by atoms with Crippen LogP contribution in [0.15, 0.2) is 42.5 Å². The van der Waals surface area contributed by atoms with E-state index in [9.17, 15) is 23.1 Å². The molecule has 0 aliphatic heterocycles. The number of rotatable bonds is 2. The van der Waals surface area contributed by atoms with E-state index in [1.54, 1.807) is 0 Å². The number of amides is 2. The molecule has 0 saturated heterocycles. The summed E-state index contributed by atoms with van der Waals surface area (Å²) in [6, 6.07) is 7.44. The van der Waals surface area contributed by atoms with E-state index >= 15 is 0 Å². The summed E-state index contributed by atoms with van der Waals surface area (Å²) in [5.74, 6) is -0.341. The number of carbonyl (C=O) groups excluding carboxylic acids is 1. The van der Waals surface area contributed by atoms with Gasteiger partial charge in [0, 0.05) is 11.1 Å². The average molecular weight is 363 g/mol. The molecule has 0 unspecified atom stereocenters. The molecule has 2 amide bonds. The van der Waals surface area contributed by atoms with Crippen molar-refractivity contribution in [2.24, 2.45) is 0 Å². The highest BCUT2D eigenvalue weighted by Gasteiger charge is 2.34. The van der Waals surface area contributed by atoms with Crippen LogP contribution in [0, 0.1) is 0 Å². The summed E-state index contributed by atoms with van der Waals surface area (Å²) in [5.41, 5.74) is -1.44. The van der Waals surface area contributed by atoms with E-state index < -0.39 is 23.5 Å².